The highest BCUT2D eigenvalue weighted by Crippen LogP contribution is 2.23. The van der Waals surface area contributed by atoms with Gasteiger partial charge in [-0.1, -0.05) is 41.0 Å². The van der Waals surface area contributed by atoms with E-state index in [2.05, 4.69) is 51.8 Å². The van der Waals surface area contributed by atoms with Crippen LogP contribution in [0.25, 0.3) is 0 Å². The molecule has 0 aromatic rings. The Bertz CT molecular complexity index is 217. The molecule has 2 nitrogen and oxygen atoms in total. The highest BCUT2D eigenvalue weighted by Gasteiger charge is 2.28. The lowest BCUT2D eigenvalue weighted by Crippen LogP contribution is -2.56. The second-order valence-electron chi connectivity index (χ2n) is 6.85. The van der Waals surface area contributed by atoms with Crippen LogP contribution in [0.4, 0.5) is 0 Å². The highest BCUT2D eigenvalue weighted by atomic mass is 15.2. The van der Waals surface area contributed by atoms with Crippen molar-refractivity contribution in [2.75, 3.05) is 19.6 Å². The van der Waals surface area contributed by atoms with Crippen molar-refractivity contribution in [2.24, 2.45) is 17.8 Å². The van der Waals surface area contributed by atoms with Gasteiger partial charge in [0, 0.05) is 31.7 Å². The highest BCUT2D eigenvalue weighted by molar-refractivity contribution is 4.85. The van der Waals surface area contributed by atoms with Gasteiger partial charge < -0.3 is 5.32 Å². The molecule has 2 heteroatoms. The van der Waals surface area contributed by atoms with Gasteiger partial charge in [-0.2, -0.15) is 0 Å². The van der Waals surface area contributed by atoms with Crippen LogP contribution in [0.1, 0.15) is 54.4 Å². The number of rotatable bonds is 6. The zero-order valence-electron chi connectivity index (χ0n) is 13.4. The van der Waals surface area contributed by atoms with E-state index in [1.165, 1.54) is 25.9 Å². The van der Waals surface area contributed by atoms with Gasteiger partial charge in [-0.3, -0.25) is 4.90 Å². The van der Waals surface area contributed by atoms with Gasteiger partial charge in [0.1, 0.15) is 0 Å². The molecule has 0 radical (unpaired) electrons. The van der Waals surface area contributed by atoms with Gasteiger partial charge in [-0.05, 0) is 31.1 Å². The van der Waals surface area contributed by atoms with Gasteiger partial charge in [0.25, 0.3) is 0 Å². The largest absolute Gasteiger partial charge is 0.311 e. The van der Waals surface area contributed by atoms with Crippen LogP contribution < -0.4 is 5.32 Å². The summed E-state index contributed by atoms with van der Waals surface area (Å²) >= 11 is 0. The Morgan fingerprint density at radius 3 is 2.28 bits per heavy atom. The fourth-order valence-corrected chi connectivity index (χ4v) is 3.25. The van der Waals surface area contributed by atoms with Gasteiger partial charge in [0.2, 0.25) is 0 Å². The number of hydrogen-bond donors (Lipinski definition) is 1. The number of piperazine rings is 1. The van der Waals surface area contributed by atoms with Gasteiger partial charge in [-0.25, -0.2) is 0 Å². The summed E-state index contributed by atoms with van der Waals surface area (Å²) in [5, 5.41) is 3.69. The molecule has 1 aliphatic heterocycles. The molecule has 1 N–H and O–H groups in total. The number of nitrogens with zero attached hydrogens (tertiary/aromatic N) is 1. The summed E-state index contributed by atoms with van der Waals surface area (Å²) in [4.78, 5) is 2.72. The maximum absolute atomic E-state index is 3.69. The third-order valence-corrected chi connectivity index (χ3v) is 4.58. The minimum absolute atomic E-state index is 0.693. The fourth-order valence-electron chi connectivity index (χ4n) is 3.25. The minimum Gasteiger partial charge on any atom is -0.311 e. The Labute approximate surface area is 115 Å². The van der Waals surface area contributed by atoms with Crippen LogP contribution in [-0.2, 0) is 0 Å². The lowest BCUT2D eigenvalue weighted by Gasteiger charge is -2.42. The molecule has 108 valence electrons. The van der Waals surface area contributed by atoms with E-state index in [0.29, 0.717) is 12.1 Å². The van der Waals surface area contributed by atoms with Gasteiger partial charge >= 0.3 is 0 Å². The molecule has 1 aliphatic rings. The molecular weight excluding hydrogens is 220 g/mol. The van der Waals surface area contributed by atoms with Crippen LogP contribution >= 0.6 is 0 Å². The molecule has 1 rings (SSSR count). The lowest BCUT2D eigenvalue weighted by molar-refractivity contribution is 0.0893. The average molecular weight is 254 g/mol. The smallest absolute Gasteiger partial charge is 0.0195 e. The van der Waals surface area contributed by atoms with Crippen molar-refractivity contribution in [3.8, 4) is 0 Å². The van der Waals surface area contributed by atoms with Crippen molar-refractivity contribution in [1.82, 2.24) is 10.2 Å². The molecule has 0 amide bonds. The molecule has 1 heterocycles. The van der Waals surface area contributed by atoms with Crippen molar-refractivity contribution in [3.05, 3.63) is 0 Å². The van der Waals surface area contributed by atoms with Crippen molar-refractivity contribution in [2.45, 2.75) is 66.5 Å². The molecule has 18 heavy (non-hydrogen) atoms. The Morgan fingerprint density at radius 1 is 1.17 bits per heavy atom. The number of hydrogen-bond acceptors (Lipinski definition) is 2. The standard InChI is InChI=1S/C16H34N2/c1-7-8-15-10-18(14(6)9-17-15)11-16(12(2)3)13(4)5/h12-17H,7-11H2,1-6H3. The Hall–Kier alpha value is -0.0800. The SMILES string of the molecule is CCCC1CN(CC(C(C)C)C(C)C)C(C)CN1. The van der Waals surface area contributed by atoms with E-state index in [9.17, 15) is 0 Å². The predicted molar refractivity (Wildman–Crippen MR) is 80.9 cm³/mol. The summed E-state index contributed by atoms with van der Waals surface area (Å²) in [5.41, 5.74) is 0. The van der Waals surface area contributed by atoms with Crippen LogP contribution in [0.5, 0.6) is 0 Å². The molecule has 0 spiro atoms. The first kappa shape index (κ1) is 16.0. The van der Waals surface area contributed by atoms with Gasteiger partial charge in [-0.15, -0.1) is 0 Å². The molecule has 0 bridgehead atoms. The normalized spacial score (nSPS) is 26.5. The van der Waals surface area contributed by atoms with Gasteiger partial charge in [0.05, 0.1) is 0 Å². The second kappa shape index (κ2) is 7.49. The lowest BCUT2D eigenvalue weighted by atomic mass is 9.84. The maximum atomic E-state index is 3.69. The third kappa shape index (κ3) is 4.55. The van der Waals surface area contributed by atoms with E-state index in [1.807, 2.05) is 0 Å². The predicted octanol–water partition coefficient (Wildman–Crippen LogP) is 3.38. The topological polar surface area (TPSA) is 15.3 Å². The third-order valence-electron chi connectivity index (χ3n) is 4.58. The molecule has 0 aliphatic carbocycles. The van der Waals surface area contributed by atoms with E-state index in [-0.39, 0.29) is 0 Å². The summed E-state index contributed by atoms with van der Waals surface area (Å²) in [7, 11) is 0. The van der Waals surface area contributed by atoms with Crippen molar-refractivity contribution < 1.29 is 0 Å². The monoisotopic (exact) mass is 254 g/mol. The van der Waals surface area contributed by atoms with Crippen LogP contribution in [0.15, 0.2) is 0 Å². The summed E-state index contributed by atoms with van der Waals surface area (Å²) < 4.78 is 0. The van der Waals surface area contributed by atoms with Crippen molar-refractivity contribution >= 4 is 0 Å². The summed E-state index contributed by atoms with van der Waals surface area (Å²) in [6.07, 6.45) is 2.61. The second-order valence-corrected chi connectivity index (χ2v) is 6.85. The van der Waals surface area contributed by atoms with E-state index in [1.54, 1.807) is 0 Å². The molecule has 1 saturated heterocycles. The van der Waals surface area contributed by atoms with Crippen molar-refractivity contribution in [3.63, 3.8) is 0 Å². The van der Waals surface area contributed by atoms with Gasteiger partial charge in [0.15, 0.2) is 0 Å². The van der Waals surface area contributed by atoms with E-state index in [4.69, 9.17) is 0 Å². The summed E-state index contributed by atoms with van der Waals surface area (Å²) in [5.74, 6) is 2.40. The van der Waals surface area contributed by atoms with Crippen LogP contribution in [-0.4, -0.2) is 36.6 Å². The minimum atomic E-state index is 0.693. The maximum Gasteiger partial charge on any atom is 0.0195 e. The quantitative estimate of drug-likeness (QED) is 0.782. The molecule has 0 saturated carbocycles. The molecule has 0 aromatic carbocycles. The zero-order chi connectivity index (χ0) is 13.7. The van der Waals surface area contributed by atoms with E-state index < -0.39 is 0 Å². The Morgan fingerprint density at radius 2 is 1.78 bits per heavy atom. The van der Waals surface area contributed by atoms with Crippen LogP contribution in [0.3, 0.4) is 0 Å². The van der Waals surface area contributed by atoms with E-state index in [0.717, 1.165) is 24.3 Å². The molecule has 1 fully saturated rings. The zero-order valence-corrected chi connectivity index (χ0v) is 13.4. The first-order chi connectivity index (χ1) is 8.45. The van der Waals surface area contributed by atoms with Crippen molar-refractivity contribution in [1.29, 1.82) is 0 Å². The number of nitrogens with one attached hydrogen (secondary N) is 1. The average Bonchev–Trinajstić information content (AvgIpc) is 2.29. The molecular formula is C16H34N2. The Kier molecular flexibility index (Phi) is 6.65. The summed E-state index contributed by atoms with van der Waals surface area (Å²) in [6.45, 7) is 17.8. The summed E-state index contributed by atoms with van der Waals surface area (Å²) in [6, 6.07) is 1.41. The first-order valence-corrected chi connectivity index (χ1v) is 7.93. The van der Waals surface area contributed by atoms with Crippen LogP contribution in [0.2, 0.25) is 0 Å². The van der Waals surface area contributed by atoms with Crippen LogP contribution in [0, 0.1) is 17.8 Å². The fraction of sp³-hybridized carbons (Fsp3) is 1.00. The first-order valence-electron chi connectivity index (χ1n) is 7.93. The van der Waals surface area contributed by atoms with E-state index >= 15 is 0 Å². The molecule has 2 unspecified atom stereocenters. The Balaban J connectivity index is 2.56. The molecule has 2 atom stereocenters. The molecule has 0 aromatic heterocycles.